The molecule has 2 fully saturated rings. The molecule has 0 saturated heterocycles. The number of ether oxygens (including phenoxy) is 1. The van der Waals surface area contributed by atoms with E-state index in [0.29, 0.717) is 12.0 Å². The monoisotopic (exact) mass is 309 g/mol. The Morgan fingerprint density at radius 3 is 2.74 bits per heavy atom. The van der Waals surface area contributed by atoms with Crippen molar-refractivity contribution in [3.8, 4) is 5.75 Å². The Labute approximate surface area is 137 Å². The molecule has 120 valence electrons. The molecule has 4 rings (SSSR count). The van der Waals surface area contributed by atoms with Gasteiger partial charge in [0.05, 0.1) is 0 Å². The molecule has 2 saturated carbocycles. The third-order valence-corrected chi connectivity index (χ3v) is 5.49. The fraction of sp³-hybridized carbons (Fsp3) is 0.450. The number of amides is 1. The van der Waals surface area contributed by atoms with E-state index in [9.17, 15) is 4.79 Å². The van der Waals surface area contributed by atoms with Gasteiger partial charge in [0.25, 0.3) is 5.91 Å². The van der Waals surface area contributed by atoms with Crippen molar-refractivity contribution in [1.29, 1.82) is 0 Å². The zero-order chi connectivity index (χ0) is 15.8. The van der Waals surface area contributed by atoms with Crippen LogP contribution in [0.3, 0.4) is 0 Å². The van der Waals surface area contributed by atoms with Gasteiger partial charge < -0.3 is 10.1 Å². The molecule has 1 amide bonds. The van der Waals surface area contributed by atoms with E-state index in [1.54, 1.807) is 0 Å². The lowest BCUT2D eigenvalue weighted by atomic mass is 9.95. The summed E-state index contributed by atoms with van der Waals surface area (Å²) in [4.78, 5) is 12.5. The van der Waals surface area contributed by atoms with Crippen LogP contribution in [-0.2, 0) is 4.79 Å². The molecule has 0 unspecified atom stereocenters. The second-order valence-corrected chi connectivity index (χ2v) is 7.03. The number of benzene rings is 2. The number of carbonyl (C=O) groups is 1. The summed E-state index contributed by atoms with van der Waals surface area (Å²) in [6.07, 6.45) is 4.59. The summed E-state index contributed by atoms with van der Waals surface area (Å²) >= 11 is 0. The van der Waals surface area contributed by atoms with Gasteiger partial charge in [0.15, 0.2) is 6.10 Å². The van der Waals surface area contributed by atoms with Gasteiger partial charge in [-0.1, -0.05) is 42.8 Å². The molecule has 3 nitrogen and oxygen atoms in total. The van der Waals surface area contributed by atoms with Crippen molar-refractivity contribution >= 4 is 16.7 Å². The van der Waals surface area contributed by atoms with Crippen LogP contribution in [0.5, 0.6) is 5.75 Å². The number of rotatable bonds is 4. The van der Waals surface area contributed by atoms with Gasteiger partial charge >= 0.3 is 0 Å². The standard InChI is InChI=1S/C20H23NO2/c1-13(20(22)21-18-12-14-9-10-16(18)11-14)23-19-8-4-6-15-5-2-3-7-17(15)19/h2-8,13-14,16,18H,9-12H2,1H3,(H,21,22)/t13-,14+,16+,18-/m1/s1. The first-order valence-corrected chi connectivity index (χ1v) is 8.65. The summed E-state index contributed by atoms with van der Waals surface area (Å²) in [5.74, 6) is 2.31. The van der Waals surface area contributed by atoms with Crippen LogP contribution in [0.2, 0.25) is 0 Å². The molecule has 0 aliphatic heterocycles. The molecular formula is C20H23NO2. The van der Waals surface area contributed by atoms with E-state index in [0.717, 1.165) is 28.9 Å². The van der Waals surface area contributed by atoms with Crippen molar-refractivity contribution < 1.29 is 9.53 Å². The Kier molecular flexibility index (Phi) is 3.72. The van der Waals surface area contributed by atoms with E-state index in [2.05, 4.69) is 17.4 Å². The van der Waals surface area contributed by atoms with Gasteiger partial charge in [-0.2, -0.15) is 0 Å². The topological polar surface area (TPSA) is 38.3 Å². The number of hydrogen-bond donors (Lipinski definition) is 1. The Balaban J connectivity index is 1.44. The van der Waals surface area contributed by atoms with Gasteiger partial charge in [0.2, 0.25) is 0 Å². The summed E-state index contributed by atoms with van der Waals surface area (Å²) in [5, 5.41) is 5.40. The highest BCUT2D eigenvalue weighted by molar-refractivity contribution is 5.89. The van der Waals surface area contributed by atoms with Crippen LogP contribution in [0.4, 0.5) is 0 Å². The molecular weight excluding hydrogens is 286 g/mol. The Hall–Kier alpha value is -2.03. The van der Waals surface area contributed by atoms with Gasteiger partial charge in [-0.25, -0.2) is 0 Å². The summed E-state index contributed by atoms with van der Waals surface area (Å²) in [7, 11) is 0. The molecule has 1 N–H and O–H groups in total. The minimum absolute atomic E-state index is 0.00971. The summed E-state index contributed by atoms with van der Waals surface area (Å²) in [6.45, 7) is 1.84. The van der Waals surface area contributed by atoms with E-state index >= 15 is 0 Å². The summed E-state index contributed by atoms with van der Waals surface area (Å²) in [5.41, 5.74) is 0. The molecule has 0 radical (unpaired) electrons. The maximum Gasteiger partial charge on any atom is 0.261 e. The van der Waals surface area contributed by atoms with Gasteiger partial charge in [-0.3, -0.25) is 4.79 Å². The minimum Gasteiger partial charge on any atom is -0.480 e. The van der Waals surface area contributed by atoms with Crippen LogP contribution in [-0.4, -0.2) is 18.1 Å². The number of carbonyl (C=O) groups excluding carboxylic acids is 1. The van der Waals surface area contributed by atoms with E-state index in [1.807, 2.05) is 37.3 Å². The highest BCUT2D eigenvalue weighted by Crippen LogP contribution is 2.44. The SMILES string of the molecule is C[C@@H](Oc1cccc2ccccc12)C(=O)N[C@@H]1C[C@H]2CC[C@H]1C2. The number of hydrogen-bond acceptors (Lipinski definition) is 2. The smallest absolute Gasteiger partial charge is 0.261 e. The highest BCUT2D eigenvalue weighted by atomic mass is 16.5. The first-order chi connectivity index (χ1) is 11.2. The van der Waals surface area contributed by atoms with Crippen molar-refractivity contribution in [1.82, 2.24) is 5.32 Å². The lowest BCUT2D eigenvalue weighted by molar-refractivity contribution is -0.128. The van der Waals surface area contributed by atoms with Crippen molar-refractivity contribution in [2.75, 3.05) is 0 Å². The molecule has 2 aliphatic carbocycles. The number of nitrogens with one attached hydrogen (secondary N) is 1. The average molecular weight is 309 g/mol. The van der Waals surface area contributed by atoms with Crippen molar-refractivity contribution in [2.45, 2.75) is 44.8 Å². The van der Waals surface area contributed by atoms with Crippen LogP contribution >= 0.6 is 0 Å². The van der Waals surface area contributed by atoms with Crippen LogP contribution in [0.25, 0.3) is 10.8 Å². The predicted octanol–water partition coefficient (Wildman–Crippen LogP) is 3.91. The molecule has 4 atom stereocenters. The lowest BCUT2D eigenvalue weighted by Crippen LogP contribution is -2.44. The average Bonchev–Trinajstić information content (AvgIpc) is 3.18. The summed E-state index contributed by atoms with van der Waals surface area (Å²) < 4.78 is 5.97. The molecule has 0 spiro atoms. The van der Waals surface area contributed by atoms with Crippen LogP contribution < -0.4 is 10.1 Å². The van der Waals surface area contributed by atoms with E-state index in [1.165, 1.54) is 19.3 Å². The fourth-order valence-corrected chi connectivity index (χ4v) is 4.26. The molecule has 2 aromatic carbocycles. The maximum absolute atomic E-state index is 12.5. The van der Waals surface area contributed by atoms with Crippen molar-refractivity contribution in [2.24, 2.45) is 11.8 Å². The largest absolute Gasteiger partial charge is 0.480 e. The third-order valence-electron chi connectivity index (χ3n) is 5.49. The second kappa shape index (κ2) is 5.88. The quantitative estimate of drug-likeness (QED) is 0.930. The Morgan fingerprint density at radius 2 is 1.96 bits per heavy atom. The van der Waals surface area contributed by atoms with E-state index in [4.69, 9.17) is 4.74 Å². The van der Waals surface area contributed by atoms with Crippen LogP contribution in [0.15, 0.2) is 42.5 Å². The highest BCUT2D eigenvalue weighted by Gasteiger charge is 2.40. The Morgan fingerprint density at radius 1 is 1.13 bits per heavy atom. The minimum atomic E-state index is -0.472. The summed E-state index contributed by atoms with van der Waals surface area (Å²) in [6, 6.07) is 14.4. The second-order valence-electron chi connectivity index (χ2n) is 7.03. The fourth-order valence-electron chi connectivity index (χ4n) is 4.26. The van der Waals surface area contributed by atoms with Gasteiger partial charge in [0, 0.05) is 11.4 Å². The third kappa shape index (κ3) is 2.80. The van der Waals surface area contributed by atoms with E-state index in [-0.39, 0.29) is 5.91 Å². The van der Waals surface area contributed by atoms with Gasteiger partial charge in [-0.05, 0) is 49.5 Å². The molecule has 0 aromatic heterocycles. The van der Waals surface area contributed by atoms with Gasteiger partial charge in [-0.15, -0.1) is 0 Å². The van der Waals surface area contributed by atoms with Crippen LogP contribution in [0, 0.1) is 11.8 Å². The predicted molar refractivity (Wildman–Crippen MR) is 91.4 cm³/mol. The molecule has 3 heteroatoms. The Bertz CT molecular complexity index is 721. The number of fused-ring (bicyclic) bond motifs is 3. The normalized spacial score (nSPS) is 27.1. The van der Waals surface area contributed by atoms with Crippen LogP contribution in [0.1, 0.15) is 32.6 Å². The molecule has 2 bridgehead atoms. The molecule has 23 heavy (non-hydrogen) atoms. The first-order valence-electron chi connectivity index (χ1n) is 8.65. The lowest BCUT2D eigenvalue weighted by Gasteiger charge is -2.25. The van der Waals surface area contributed by atoms with Gasteiger partial charge in [0.1, 0.15) is 5.75 Å². The zero-order valence-corrected chi connectivity index (χ0v) is 13.5. The molecule has 0 heterocycles. The first kappa shape index (κ1) is 14.6. The molecule has 2 aromatic rings. The van der Waals surface area contributed by atoms with Crippen molar-refractivity contribution in [3.63, 3.8) is 0 Å². The maximum atomic E-state index is 12.5. The molecule has 2 aliphatic rings. The van der Waals surface area contributed by atoms with E-state index < -0.39 is 6.10 Å². The zero-order valence-electron chi connectivity index (χ0n) is 13.5. The van der Waals surface area contributed by atoms with Crippen molar-refractivity contribution in [3.05, 3.63) is 42.5 Å².